The molecule has 1 aliphatic rings. The Kier molecular flexibility index (Phi) is 6.31. The van der Waals surface area contributed by atoms with Crippen LogP contribution in [0.15, 0.2) is 45.9 Å². The average Bonchev–Trinajstić information content (AvgIpc) is 3.37. The molecule has 0 N–H and O–H groups in total. The fourth-order valence-electron chi connectivity index (χ4n) is 3.64. The number of aryl methyl sites for hydroxylation is 1. The fraction of sp³-hybridized carbons (Fsp3) is 0.320. The zero-order valence-electron chi connectivity index (χ0n) is 18.5. The van der Waals surface area contributed by atoms with Crippen molar-refractivity contribution in [3.63, 3.8) is 0 Å². The fourth-order valence-corrected chi connectivity index (χ4v) is 5.30. The van der Waals surface area contributed by atoms with Crippen molar-refractivity contribution in [1.82, 2.24) is 4.57 Å². The Morgan fingerprint density at radius 2 is 1.94 bits per heavy atom. The predicted molar refractivity (Wildman–Crippen MR) is 132 cm³/mol. The molecule has 0 saturated carbocycles. The molecule has 0 radical (unpaired) electrons. The number of ketones is 1. The predicted octanol–water partition coefficient (Wildman–Crippen LogP) is 3.18. The molecule has 32 heavy (non-hydrogen) atoms. The van der Waals surface area contributed by atoms with Crippen molar-refractivity contribution in [1.29, 1.82) is 0 Å². The molecule has 1 aliphatic heterocycles. The minimum absolute atomic E-state index is 0.0784. The van der Waals surface area contributed by atoms with Gasteiger partial charge in [0.1, 0.15) is 11.2 Å². The van der Waals surface area contributed by atoms with Crippen LogP contribution in [0.4, 0.5) is 5.69 Å². The van der Waals surface area contributed by atoms with Crippen LogP contribution < -0.4 is 19.7 Å². The van der Waals surface area contributed by atoms with Gasteiger partial charge in [-0.2, -0.15) is 11.3 Å². The number of fused-ring (bicyclic) bond motifs is 1. The summed E-state index contributed by atoms with van der Waals surface area (Å²) >= 11 is 2.81. The number of thiophene rings is 1. The largest absolute Gasteiger partial charge is 0.311 e. The Morgan fingerprint density at radius 3 is 2.66 bits per heavy atom. The van der Waals surface area contributed by atoms with Gasteiger partial charge in [-0.1, -0.05) is 39.0 Å². The minimum atomic E-state index is -0.572. The maximum absolute atomic E-state index is 13.3. The van der Waals surface area contributed by atoms with Gasteiger partial charge in [0.15, 0.2) is 5.78 Å². The van der Waals surface area contributed by atoms with E-state index in [0.717, 1.165) is 29.7 Å². The van der Waals surface area contributed by atoms with Crippen LogP contribution in [0.25, 0.3) is 12.2 Å². The second-order valence-corrected chi connectivity index (χ2v) is 10.8. The van der Waals surface area contributed by atoms with Gasteiger partial charge in [-0.25, -0.2) is 0 Å². The zero-order valence-corrected chi connectivity index (χ0v) is 20.1. The van der Waals surface area contributed by atoms with Crippen molar-refractivity contribution >= 4 is 52.2 Å². The highest BCUT2D eigenvalue weighted by Gasteiger charge is 2.24. The van der Waals surface area contributed by atoms with E-state index in [2.05, 4.69) is 0 Å². The maximum atomic E-state index is 13.3. The topological polar surface area (TPSA) is 59.4 Å². The summed E-state index contributed by atoms with van der Waals surface area (Å²) in [5.41, 5.74) is 2.18. The van der Waals surface area contributed by atoms with E-state index < -0.39 is 5.41 Å². The number of anilines is 1. The van der Waals surface area contributed by atoms with Crippen LogP contribution in [-0.2, 0) is 22.6 Å². The number of benzene rings is 1. The van der Waals surface area contributed by atoms with E-state index in [-0.39, 0.29) is 23.8 Å². The van der Waals surface area contributed by atoms with Gasteiger partial charge in [0.25, 0.3) is 5.56 Å². The lowest BCUT2D eigenvalue weighted by atomic mass is 9.91. The Morgan fingerprint density at radius 1 is 1.16 bits per heavy atom. The quantitative estimate of drug-likeness (QED) is 0.593. The zero-order chi connectivity index (χ0) is 22.9. The third kappa shape index (κ3) is 4.69. The highest BCUT2D eigenvalue weighted by atomic mass is 32.1. The first-order valence-electron chi connectivity index (χ1n) is 10.6. The molecule has 0 atom stereocenters. The van der Waals surface area contributed by atoms with Crippen molar-refractivity contribution in [2.75, 3.05) is 11.4 Å². The molecule has 7 heteroatoms. The monoisotopic (exact) mass is 466 g/mol. The minimum Gasteiger partial charge on any atom is -0.311 e. The average molecular weight is 467 g/mol. The summed E-state index contributed by atoms with van der Waals surface area (Å²) in [6.45, 7) is 6.06. The number of amides is 1. The normalized spacial score (nSPS) is 15.2. The second-order valence-electron chi connectivity index (χ2n) is 8.93. The first kappa shape index (κ1) is 22.4. The van der Waals surface area contributed by atoms with Crippen LogP contribution in [0.1, 0.15) is 38.3 Å². The molecular formula is C25H26N2O3S2. The van der Waals surface area contributed by atoms with Gasteiger partial charge in [-0.05, 0) is 52.9 Å². The molecule has 1 aromatic carbocycles. The number of carbonyl (C=O) groups excluding carboxylic acids is 2. The number of rotatable bonds is 4. The highest BCUT2D eigenvalue weighted by Crippen LogP contribution is 2.26. The lowest BCUT2D eigenvalue weighted by molar-refractivity contribution is -0.120. The summed E-state index contributed by atoms with van der Waals surface area (Å²) in [6, 6.07) is 9.84. The summed E-state index contributed by atoms with van der Waals surface area (Å²) in [4.78, 5) is 41.0. The van der Waals surface area contributed by atoms with Gasteiger partial charge in [0.2, 0.25) is 5.91 Å². The van der Waals surface area contributed by atoms with Crippen LogP contribution in [0.5, 0.6) is 0 Å². The van der Waals surface area contributed by atoms with Crippen LogP contribution in [0.3, 0.4) is 0 Å². The molecule has 0 aliphatic carbocycles. The second kappa shape index (κ2) is 9.00. The lowest BCUT2D eigenvalue weighted by Gasteiger charge is -2.29. The number of thiazole rings is 1. The van der Waals surface area contributed by atoms with Crippen molar-refractivity contribution < 1.29 is 9.59 Å². The van der Waals surface area contributed by atoms with Crippen molar-refractivity contribution in [2.45, 2.75) is 40.2 Å². The smallest absolute Gasteiger partial charge is 0.269 e. The number of nitrogens with zero attached hydrogens (tertiary/aromatic N) is 2. The van der Waals surface area contributed by atoms with Crippen molar-refractivity contribution in [2.24, 2.45) is 5.41 Å². The molecular weight excluding hydrogens is 440 g/mol. The van der Waals surface area contributed by atoms with Crippen molar-refractivity contribution in [3.8, 4) is 0 Å². The molecule has 0 unspecified atom stereocenters. The first-order chi connectivity index (χ1) is 15.2. The van der Waals surface area contributed by atoms with Gasteiger partial charge in [-0.15, -0.1) is 11.3 Å². The number of aromatic nitrogens is 1. The molecule has 0 spiro atoms. The van der Waals surface area contributed by atoms with Crippen LogP contribution in [-0.4, -0.2) is 22.8 Å². The van der Waals surface area contributed by atoms with E-state index >= 15 is 0 Å². The molecule has 1 amide bonds. The Labute approximate surface area is 194 Å². The maximum Gasteiger partial charge on any atom is 0.269 e. The molecule has 2 aromatic heterocycles. The van der Waals surface area contributed by atoms with E-state index in [4.69, 9.17) is 0 Å². The summed E-state index contributed by atoms with van der Waals surface area (Å²) in [5, 5.41) is 3.91. The first-order valence-corrected chi connectivity index (χ1v) is 12.4. The number of hydrogen-bond acceptors (Lipinski definition) is 5. The Hall–Kier alpha value is -2.77. The summed E-state index contributed by atoms with van der Waals surface area (Å²) in [7, 11) is 0. The Bertz CT molecular complexity index is 1320. The third-order valence-corrected chi connectivity index (χ3v) is 7.24. The number of Topliss-reactive ketones (excluding diaryl/α,β-unsaturated/α-hetero) is 1. The van der Waals surface area contributed by atoms with Crippen LogP contribution >= 0.6 is 22.7 Å². The number of para-hydroxylation sites is 1. The van der Waals surface area contributed by atoms with E-state index in [0.29, 0.717) is 15.7 Å². The molecule has 0 fully saturated rings. The molecule has 4 rings (SSSR count). The molecule has 0 saturated heterocycles. The number of carbonyl (C=O) groups is 2. The number of hydrogen-bond donors (Lipinski definition) is 0. The van der Waals surface area contributed by atoms with Gasteiger partial charge < -0.3 is 4.90 Å². The molecule has 3 aromatic rings. The Balaban J connectivity index is 1.77. The summed E-state index contributed by atoms with van der Waals surface area (Å²) < 4.78 is 2.48. The van der Waals surface area contributed by atoms with E-state index in [9.17, 15) is 14.4 Å². The molecule has 0 bridgehead atoms. The summed E-state index contributed by atoms with van der Waals surface area (Å²) in [5.74, 6) is -0.220. The molecule has 3 heterocycles. The van der Waals surface area contributed by atoms with Gasteiger partial charge >= 0.3 is 0 Å². The standard InChI is InChI=1S/C25H26N2O3S2/c1-25(2,3)21(28)14-23-27(24(30)20(32-23)13-17-10-12-31-16-17)15-22(29)26-11-6-8-18-7-4-5-9-19(18)26/h4-5,7,9-10,12-14,16H,6,8,11,15H2,1-3H3. The van der Waals surface area contributed by atoms with E-state index in [1.54, 1.807) is 16.2 Å². The third-order valence-electron chi connectivity index (χ3n) is 5.48. The van der Waals surface area contributed by atoms with E-state index in [1.807, 2.05) is 67.9 Å². The van der Waals surface area contributed by atoms with E-state index in [1.165, 1.54) is 22.0 Å². The molecule has 166 valence electrons. The highest BCUT2D eigenvalue weighted by molar-refractivity contribution is 7.08. The van der Waals surface area contributed by atoms with Gasteiger partial charge in [0, 0.05) is 23.7 Å². The van der Waals surface area contributed by atoms with Crippen LogP contribution in [0.2, 0.25) is 0 Å². The lowest BCUT2D eigenvalue weighted by Crippen LogP contribution is -2.42. The summed E-state index contributed by atoms with van der Waals surface area (Å²) in [6.07, 6.45) is 5.16. The van der Waals surface area contributed by atoms with Gasteiger partial charge in [-0.3, -0.25) is 19.0 Å². The van der Waals surface area contributed by atoms with Gasteiger partial charge in [0.05, 0.1) is 4.53 Å². The molecule has 5 nitrogen and oxygen atoms in total. The van der Waals surface area contributed by atoms with Crippen LogP contribution in [0, 0.1) is 5.41 Å². The van der Waals surface area contributed by atoms with Crippen molar-refractivity contribution in [3.05, 3.63) is 71.8 Å². The SMILES string of the molecule is CC(C)(C)C(=O)C=c1sc(=Cc2ccsc2)c(=O)n1CC(=O)N1CCCc2ccccc21.